The predicted octanol–water partition coefficient (Wildman–Crippen LogP) is 1.84. The lowest BCUT2D eigenvalue weighted by atomic mass is 9.75. The van der Waals surface area contributed by atoms with Crippen LogP contribution in [0.5, 0.6) is 0 Å². The number of ether oxygens (including phenoxy) is 1. The largest absolute Gasteiger partial charge is 0.480 e. The van der Waals surface area contributed by atoms with Crippen molar-refractivity contribution in [1.82, 2.24) is 10.2 Å². The lowest BCUT2D eigenvalue weighted by Gasteiger charge is -2.40. The van der Waals surface area contributed by atoms with Crippen molar-refractivity contribution in [2.75, 3.05) is 19.8 Å². The third-order valence-electron chi connectivity index (χ3n) is 4.92. The van der Waals surface area contributed by atoms with Gasteiger partial charge in [0.25, 0.3) is 0 Å². The van der Waals surface area contributed by atoms with Crippen LogP contribution in [0.25, 0.3) is 0 Å². The number of carboxylic acids is 1. The Balaban J connectivity index is 2.03. The van der Waals surface area contributed by atoms with Gasteiger partial charge < -0.3 is 20.1 Å². The van der Waals surface area contributed by atoms with E-state index in [1.165, 1.54) is 0 Å². The summed E-state index contributed by atoms with van der Waals surface area (Å²) in [6, 6.07) is -0.292. The Labute approximate surface area is 125 Å². The van der Waals surface area contributed by atoms with Gasteiger partial charge in [-0.2, -0.15) is 0 Å². The predicted molar refractivity (Wildman–Crippen MR) is 78.1 cm³/mol. The molecule has 1 aliphatic carbocycles. The number of morpholine rings is 1. The molecule has 6 heteroatoms. The highest BCUT2D eigenvalue weighted by Gasteiger charge is 2.44. The van der Waals surface area contributed by atoms with Gasteiger partial charge in [0.2, 0.25) is 0 Å². The summed E-state index contributed by atoms with van der Waals surface area (Å²) in [6.07, 6.45) is 3.84. The average molecular weight is 298 g/mol. The highest BCUT2D eigenvalue weighted by molar-refractivity contribution is 5.86. The first-order valence-electron chi connectivity index (χ1n) is 7.88. The van der Waals surface area contributed by atoms with E-state index in [9.17, 15) is 14.7 Å². The van der Waals surface area contributed by atoms with Crippen LogP contribution in [0.4, 0.5) is 4.79 Å². The third kappa shape index (κ3) is 3.48. The zero-order valence-corrected chi connectivity index (χ0v) is 12.9. The fourth-order valence-electron chi connectivity index (χ4n) is 3.28. The molecule has 1 atom stereocenters. The van der Waals surface area contributed by atoms with Crippen LogP contribution < -0.4 is 5.32 Å². The summed E-state index contributed by atoms with van der Waals surface area (Å²) in [7, 11) is 0. The maximum Gasteiger partial charge on any atom is 0.329 e. The van der Waals surface area contributed by atoms with E-state index in [-0.39, 0.29) is 12.1 Å². The molecular weight excluding hydrogens is 272 g/mol. The molecule has 1 unspecified atom stereocenters. The number of hydrogen-bond acceptors (Lipinski definition) is 3. The van der Waals surface area contributed by atoms with Crippen molar-refractivity contribution < 1.29 is 19.4 Å². The van der Waals surface area contributed by atoms with E-state index < -0.39 is 11.5 Å². The molecule has 0 spiro atoms. The number of nitrogens with zero attached hydrogens (tertiary/aromatic N) is 1. The molecule has 120 valence electrons. The molecule has 0 radical (unpaired) electrons. The van der Waals surface area contributed by atoms with Gasteiger partial charge in [-0.05, 0) is 38.5 Å². The summed E-state index contributed by atoms with van der Waals surface area (Å²) >= 11 is 0. The molecule has 2 aliphatic rings. The fourth-order valence-corrected chi connectivity index (χ4v) is 3.28. The van der Waals surface area contributed by atoms with Gasteiger partial charge in [0, 0.05) is 6.54 Å². The number of carbonyl (C=O) groups is 2. The quantitative estimate of drug-likeness (QED) is 0.833. The second kappa shape index (κ2) is 6.64. The molecule has 6 nitrogen and oxygen atoms in total. The minimum absolute atomic E-state index is 0.0171. The molecule has 0 bridgehead atoms. The number of aliphatic carboxylic acids is 1. The maximum atomic E-state index is 12.4. The number of urea groups is 1. The van der Waals surface area contributed by atoms with Crippen molar-refractivity contribution in [3.63, 3.8) is 0 Å². The number of carbonyl (C=O) groups excluding carboxylic acids is 1. The van der Waals surface area contributed by atoms with Gasteiger partial charge in [-0.15, -0.1) is 0 Å². The van der Waals surface area contributed by atoms with Crippen LogP contribution in [0, 0.1) is 5.92 Å². The van der Waals surface area contributed by atoms with Crippen molar-refractivity contribution in [3.8, 4) is 0 Å². The molecule has 2 fully saturated rings. The van der Waals surface area contributed by atoms with Crippen molar-refractivity contribution in [2.45, 2.75) is 57.5 Å². The van der Waals surface area contributed by atoms with Crippen molar-refractivity contribution in [2.24, 2.45) is 5.92 Å². The molecule has 21 heavy (non-hydrogen) atoms. The normalized spacial score (nSPS) is 33.5. The minimum Gasteiger partial charge on any atom is -0.480 e. The molecule has 2 amide bonds. The molecular formula is C15H26N2O4. The third-order valence-corrected chi connectivity index (χ3v) is 4.92. The number of hydrogen-bond donors (Lipinski definition) is 2. The van der Waals surface area contributed by atoms with Crippen LogP contribution >= 0.6 is 0 Å². The Bertz CT molecular complexity index is 391. The molecule has 0 aromatic heterocycles. The summed E-state index contributed by atoms with van der Waals surface area (Å²) in [5.74, 6) is -0.331. The van der Waals surface area contributed by atoms with Crippen molar-refractivity contribution >= 4 is 12.0 Å². The number of carboxylic acid groups (broad SMARTS) is 1. The Morgan fingerprint density at radius 2 is 2.05 bits per heavy atom. The average Bonchev–Trinajstić information content (AvgIpc) is 2.48. The monoisotopic (exact) mass is 298 g/mol. The summed E-state index contributed by atoms with van der Waals surface area (Å²) in [4.78, 5) is 25.8. The Kier molecular flexibility index (Phi) is 5.08. The van der Waals surface area contributed by atoms with Crippen LogP contribution in [0.3, 0.4) is 0 Å². The number of amides is 2. The second-order valence-electron chi connectivity index (χ2n) is 6.29. The fraction of sp³-hybridized carbons (Fsp3) is 0.867. The summed E-state index contributed by atoms with van der Waals surface area (Å²) in [5, 5.41) is 12.4. The maximum absolute atomic E-state index is 12.4. The molecule has 1 saturated carbocycles. The van der Waals surface area contributed by atoms with E-state index in [2.05, 4.69) is 12.2 Å². The molecule has 1 heterocycles. The highest BCUT2D eigenvalue weighted by atomic mass is 16.5. The summed E-state index contributed by atoms with van der Waals surface area (Å²) < 4.78 is 5.32. The van der Waals surface area contributed by atoms with Crippen LogP contribution in [0.15, 0.2) is 0 Å². The van der Waals surface area contributed by atoms with E-state index in [0.717, 1.165) is 19.3 Å². The van der Waals surface area contributed by atoms with Crippen molar-refractivity contribution in [1.29, 1.82) is 0 Å². The topological polar surface area (TPSA) is 78.9 Å². The molecule has 0 aromatic carbocycles. The molecule has 0 aromatic rings. The smallest absolute Gasteiger partial charge is 0.329 e. The van der Waals surface area contributed by atoms with Gasteiger partial charge in [0.1, 0.15) is 5.54 Å². The molecule has 1 saturated heterocycles. The van der Waals surface area contributed by atoms with Crippen LogP contribution in [-0.2, 0) is 9.53 Å². The van der Waals surface area contributed by atoms with E-state index in [1.807, 2.05) is 6.92 Å². The zero-order valence-electron chi connectivity index (χ0n) is 12.9. The lowest BCUT2D eigenvalue weighted by Crippen LogP contribution is -2.61. The Hall–Kier alpha value is -1.30. The lowest BCUT2D eigenvalue weighted by molar-refractivity contribution is -0.146. The van der Waals surface area contributed by atoms with Crippen LogP contribution in [0.1, 0.15) is 46.0 Å². The molecule has 1 aliphatic heterocycles. The van der Waals surface area contributed by atoms with Crippen LogP contribution in [0.2, 0.25) is 0 Å². The van der Waals surface area contributed by atoms with E-state index in [1.54, 1.807) is 4.90 Å². The Morgan fingerprint density at radius 1 is 1.38 bits per heavy atom. The van der Waals surface area contributed by atoms with Gasteiger partial charge in [0.05, 0.1) is 19.3 Å². The first-order valence-corrected chi connectivity index (χ1v) is 7.88. The molecule has 2 N–H and O–H groups in total. The van der Waals surface area contributed by atoms with Gasteiger partial charge in [-0.25, -0.2) is 9.59 Å². The summed E-state index contributed by atoms with van der Waals surface area (Å²) in [5.41, 5.74) is -1.10. The number of nitrogens with one attached hydrogen (secondary N) is 1. The van der Waals surface area contributed by atoms with E-state index in [0.29, 0.717) is 38.5 Å². The summed E-state index contributed by atoms with van der Waals surface area (Å²) in [6.45, 7) is 5.58. The van der Waals surface area contributed by atoms with Crippen LogP contribution in [-0.4, -0.2) is 53.3 Å². The van der Waals surface area contributed by atoms with E-state index >= 15 is 0 Å². The Morgan fingerprint density at radius 3 is 2.57 bits per heavy atom. The zero-order chi connectivity index (χ0) is 15.5. The highest BCUT2D eigenvalue weighted by Crippen LogP contribution is 2.34. The first kappa shape index (κ1) is 16.1. The van der Waals surface area contributed by atoms with Gasteiger partial charge >= 0.3 is 12.0 Å². The van der Waals surface area contributed by atoms with Crippen molar-refractivity contribution in [3.05, 3.63) is 0 Å². The molecule has 2 rings (SSSR count). The minimum atomic E-state index is -1.10. The van der Waals surface area contributed by atoms with Gasteiger partial charge in [-0.3, -0.25) is 0 Å². The van der Waals surface area contributed by atoms with Gasteiger partial charge in [0.15, 0.2) is 0 Å². The van der Waals surface area contributed by atoms with Gasteiger partial charge in [-0.1, -0.05) is 13.3 Å². The standard InChI is InChI=1S/C15H26N2O4/c1-3-12-4-6-15(7-5-12,13(18)19)16-14(20)17-8-9-21-10-11(17)2/h11-12H,3-10H2,1-2H3,(H,16,20)(H,18,19). The first-order chi connectivity index (χ1) is 9.98. The van der Waals surface area contributed by atoms with E-state index in [4.69, 9.17) is 4.74 Å². The second-order valence-corrected chi connectivity index (χ2v) is 6.29. The number of rotatable bonds is 3. The SMILES string of the molecule is CCC1CCC(NC(=O)N2CCOCC2C)(C(=O)O)CC1.